The van der Waals surface area contributed by atoms with E-state index < -0.39 is 0 Å². The van der Waals surface area contributed by atoms with E-state index in [2.05, 4.69) is 15.9 Å². The Kier molecular flexibility index (Phi) is 4.86. The number of hydrogen-bond donors (Lipinski definition) is 0. The topological polar surface area (TPSA) is 51.5 Å². The molecule has 1 aliphatic heterocycles. The normalized spacial score (nSPS) is 18.9. The van der Waals surface area contributed by atoms with Crippen molar-refractivity contribution in [2.24, 2.45) is 13.0 Å². The van der Waals surface area contributed by atoms with Crippen molar-refractivity contribution < 1.29 is 14.3 Å². The van der Waals surface area contributed by atoms with Crippen LogP contribution in [-0.2, 0) is 16.6 Å². The van der Waals surface area contributed by atoms with E-state index in [1.165, 1.54) is 0 Å². The summed E-state index contributed by atoms with van der Waals surface area (Å²) in [5, 5.41) is 0. The number of esters is 1. The number of nitrogens with zero attached hydrogens (tertiary/aromatic N) is 2. The molecule has 1 atom stereocenters. The predicted octanol–water partition coefficient (Wildman–Crippen LogP) is 2.20. The fraction of sp³-hybridized carbons (Fsp3) is 0.571. The molecular formula is C14H19BrN2O3. The average Bonchev–Trinajstić information content (AvgIpc) is 2.77. The van der Waals surface area contributed by atoms with Gasteiger partial charge in [0, 0.05) is 30.8 Å². The Morgan fingerprint density at radius 2 is 2.25 bits per heavy atom. The van der Waals surface area contributed by atoms with Crippen LogP contribution in [0.25, 0.3) is 0 Å². The maximum absolute atomic E-state index is 12.5. The van der Waals surface area contributed by atoms with Gasteiger partial charge in [-0.1, -0.05) is 0 Å². The quantitative estimate of drug-likeness (QED) is 0.791. The van der Waals surface area contributed by atoms with Gasteiger partial charge in [-0.25, -0.2) is 0 Å². The minimum absolute atomic E-state index is 0.0350. The van der Waals surface area contributed by atoms with Gasteiger partial charge in [0.25, 0.3) is 5.91 Å². The molecule has 5 nitrogen and oxygen atoms in total. The Morgan fingerprint density at radius 3 is 2.85 bits per heavy atom. The summed E-state index contributed by atoms with van der Waals surface area (Å²) in [6, 6.07) is 1.80. The van der Waals surface area contributed by atoms with Crippen molar-refractivity contribution >= 4 is 27.8 Å². The number of ether oxygens (including phenoxy) is 1. The first-order chi connectivity index (χ1) is 9.52. The molecule has 0 unspecified atom stereocenters. The van der Waals surface area contributed by atoms with Crippen LogP contribution in [-0.4, -0.2) is 41.0 Å². The van der Waals surface area contributed by atoms with Crippen LogP contribution < -0.4 is 0 Å². The molecule has 2 rings (SSSR count). The maximum Gasteiger partial charge on any atom is 0.310 e. The molecule has 0 aromatic carbocycles. The molecule has 20 heavy (non-hydrogen) atoms. The standard InChI is InChI=1S/C14H19BrN2O3/c1-3-20-14(19)10-5-4-6-17(8-10)13(18)12-7-11(15)9-16(12)2/h7,9-10H,3-6,8H2,1-2H3/t10-/m1/s1. The summed E-state index contributed by atoms with van der Waals surface area (Å²) in [5.41, 5.74) is 0.626. The zero-order valence-electron chi connectivity index (χ0n) is 11.8. The van der Waals surface area contributed by atoms with Gasteiger partial charge in [-0.2, -0.15) is 0 Å². The minimum atomic E-state index is -0.198. The van der Waals surface area contributed by atoms with Crippen LogP contribution in [0.5, 0.6) is 0 Å². The minimum Gasteiger partial charge on any atom is -0.466 e. The molecule has 0 saturated carbocycles. The summed E-state index contributed by atoms with van der Waals surface area (Å²) in [7, 11) is 1.84. The molecule has 1 saturated heterocycles. The van der Waals surface area contributed by atoms with Gasteiger partial charge in [-0.05, 0) is 41.8 Å². The molecule has 0 bridgehead atoms. The van der Waals surface area contributed by atoms with E-state index in [-0.39, 0.29) is 17.8 Å². The van der Waals surface area contributed by atoms with Gasteiger partial charge in [0.1, 0.15) is 5.69 Å². The predicted molar refractivity (Wildman–Crippen MR) is 78.4 cm³/mol. The second-order valence-corrected chi connectivity index (χ2v) is 5.91. The van der Waals surface area contributed by atoms with E-state index in [0.717, 1.165) is 17.3 Å². The lowest BCUT2D eigenvalue weighted by Gasteiger charge is -2.31. The van der Waals surface area contributed by atoms with Gasteiger partial charge in [-0.15, -0.1) is 0 Å². The number of rotatable bonds is 3. The second kappa shape index (κ2) is 6.43. The first-order valence-electron chi connectivity index (χ1n) is 6.80. The first kappa shape index (κ1) is 15.1. The number of aryl methyl sites for hydroxylation is 1. The Balaban J connectivity index is 2.07. The molecule has 1 aromatic heterocycles. The van der Waals surface area contributed by atoms with Crippen molar-refractivity contribution in [3.05, 3.63) is 22.4 Å². The molecule has 1 aliphatic rings. The van der Waals surface area contributed by atoms with E-state index in [0.29, 0.717) is 25.4 Å². The van der Waals surface area contributed by atoms with Gasteiger partial charge in [0.15, 0.2) is 0 Å². The van der Waals surface area contributed by atoms with Crippen LogP contribution in [0.15, 0.2) is 16.7 Å². The Labute approximate surface area is 127 Å². The van der Waals surface area contributed by atoms with E-state index in [4.69, 9.17) is 4.74 Å². The van der Waals surface area contributed by atoms with E-state index >= 15 is 0 Å². The molecule has 0 aliphatic carbocycles. The highest BCUT2D eigenvalue weighted by Gasteiger charge is 2.30. The number of carbonyl (C=O) groups is 2. The van der Waals surface area contributed by atoms with E-state index in [1.807, 2.05) is 13.2 Å². The average molecular weight is 343 g/mol. The van der Waals surface area contributed by atoms with Gasteiger partial charge in [-0.3, -0.25) is 9.59 Å². The lowest BCUT2D eigenvalue weighted by atomic mass is 9.98. The van der Waals surface area contributed by atoms with Crippen molar-refractivity contribution in [1.82, 2.24) is 9.47 Å². The fourth-order valence-electron chi connectivity index (χ4n) is 2.51. The van der Waals surface area contributed by atoms with E-state index in [9.17, 15) is 9.59 Å². The monoisotopic (exact) mass is 342 g/mol. The zero-order valence-corrected chi connectivity index (χ0v) is 13.4. The zero-order chi connectivity index (χ0) is 14.7. The molecule has 1 amide bonds. The summed E-state index contributed by atoms with van der Waals surface area (Å²) in [5.74, 6) is -0.429. The van der Waals surface area contributed by atoms with Crippen LogP contribution in [0.3, 0.4) is 0 Å². The lowest BCUT2D eigenvalue weighted by Crippen LogP contribution is -2.43. The molecule has 110 valence electrons. The summed E-state index contributed by atoms with van der Waals surface area (Å²) >= 11 is 3.37. The third kappa shape index (κ3) is 3.23. The molecule has 1 fully saturated rings. The first-order valence-corrected chi connectivity index (χ1v) is 7.60. The largest absolute Gasteiger partial charge is 0.466 e. The van der Waals surface area contributed by atoms with Crippen LogP contribution >= 0.6 is 15.9 Å². The number of hydrogen-bond acceptors (Lipinski definition) is 3. The molecule has 6 heteroatoms. The number of likely N-dealkylation sites (tertiary alicyclic amines) is 1. The summed E-state index contributed by atoms with van der Waals surface area (Å²) in [6.07, 6.45) is 3.47. The molecule has 2 heterocycles. The Bertz CT molecular complexity index is 513. The second-order valence-electron chi connectivity index (χ2n) is 5.00. The number of piperidine rings is 1. The summed E-state index contributed by atoms with van der Waals surface area (Å²) in [4.78, 5) is 26.0. The van der Waals surface area contributed by atoms with Gasteiger partial charge >= 0.3 is 5.97 Å². The molecule has 1 aromatic rings. The third-order valence-electron chi connectivity index (χ3n) is 3.52. The highest BCUT2D eigenvalue weighted by molar-refractivity contribution is 9.10. The van der Waals surface area contributed by atoms with Crippen molar-refractivity contribution in [3.63, 3.8) is 0 Å². The molecule has 0 radical (unpaired) electrons. The summed E-state index contributed by atoms with van der Waals surface area (Å²) in [6.45, 7) is 3.32. The number of carbonyl (C=O) groups excluding carboxylic acids is 2. The van der Waals surface area contributed by atoms with Gasteiger partial charge < -0.3 is 14.2 Å². The van der Waals surface area contributed by atoms with E-state index in [1.54, 1.807) is 22.5 Å². The highest BCUT2D eigenvalue weighted by Crippen LogP contribution is 2.21. The SMILES string of the molecule is CCOC(=O)[C@@H]1CCCN(C(=O)c2cc(Br)cn2C)C1. The molecular weight excluding hydrogens is 324 g/mol. The van der Waals surface area contributed by atoms with Crippen molar-refractivity contribution in [2.75, 3.05) is 19.7 Å². The van der Waals surface area contributed by atoms with Gasteiger partial charge in [0.05, 0.1) is 12.5 Å². The molecule has 0 spiro atoms. The Morgan fingerprint density at radius 1 is 1.50 bits per heavy atom. The number of halogens is 1. The van der Waals surface area contributed by atoms with Crippen LogP contribution in [0.4, 0.5) is 0 Å². The number of aromatic nitrogens is 1. The smallest absolute Gasteiger partial charge is 0.310 e. The van der Waals surface area contributed by atoms with Crippen LogP contribution in [0.2, 0.25) is 0 Å². The third-order valence-corrected chi connectivity index (χ3v) is 3.95. The summed E-state index contributed by atoms with van der Waals surface area (Å²) < 4.78 is 7.72. The fourth-order valence-corrected chi connectivity index (χ4v) is 3.04. The van der Waals surface area contributed by atoms with Crippen molar-refractivity contribution in [2.45, 2.75) is 19.8 Å². The maximum atomic E-state index is 12.5. The Hall–Kier alpha value is -1.30. The van der Waals surface area contributed by atoms with Crippen molar-refractivity contribution in [3.8, 4) is 0 Å². The highest BCUT2D eigenvalue weighted by atomic mass is 79.9. The van der Waals surface area contributed by atoms with Crippen LogP contribution in [0.1, 0.15) is 30.3 Å². The lowest BCUT2D eigenvalue weighted by molar-refractivity contribution is -0.149. The molecule has 0 N–H and O–H groups in total. The number of amides is 1. The van der Waals surface area contributed by atoms with Gasteiger partial charge in [0.2, 0.25) is 0 Å². The van der Waals surface area contributed by atoms with Crippen molar-refractivity contribution in [1.29, 1.82) is 0 Å². The van der Waals surface area contributed by atoms with Crippen LogP contribution in [0, 0.1) is 5.92 Å².